The van der Waals surface area contributed by atoms with Gasteiger partial charge in [-0.3, -0.25) is 4.79 Å². The van der Waals surface area contributed by atoms with E-state index in [1.165, 1.54) is 11.1 Å². The Morgan fingerprint density at radius 3 is 2.76 bits per heavy atom. The van der Waals surface area contributed by atoms with Gasteiger partial charge in [-0.1, -0.05) is 17.7 Å². The number of hydrogen-bond donors (Lipinski definition) is 2. The number of nitrogens with one attached hydrogen (secondary N) is 2. The first kappa shape index (κ1) is 21.1. The van der Waals surface area contributed by atoms with Crippen molar-refractivity contribution in [2.45, 2.75) is 20.8 Å². The van der Waals surface area contributed by atoms with Crippen LogP contribution in [0.15, 0.2) is 30.5 Å². The first-order valence-electron chi connectivity index (χ1n) is 9.80. The SMILES string of the molecule is CC[NH+](CC)CCNC(=O)c1cnc2c(c(C)nn2-c2cccc(OC)c2)c1Cl. The molecule has 0 aliphatic rings. The molecule has 1 amide bonds. The van der Waals surface area contributed by atoms with Crippen molar-refractivity contribution in [1.29, 1.82) is 0 Å². The van der Waals surface area contributed by atoms with Gasteiger partial charge in [0.05, 0.1) is 60.6 Å². The second-order valence-electron chi connectivity index (χ2n) is 6.85. The van der Waals surface area contributed by atoms with Crippen LogP contribution in [-0.4, -0.2) is 54.0 Å². The van der Waals surface area contributed by atoms with Crippen molar-refractivity contribution >= 4 is 28.5 Å². The molecule has 0 saturated carbocycles. The molecule has 2 N–H and O–H groups in total. The molecule has 7 nitrogen and oxygen atoms in total. The summed E-state index contributed by atoms with van der Waals surface area (Å²) in [5.41, 5.74) is 2.49. The number of aromatic nitrogens is 3. The fourth-order valence-electron chi connectivity index (χ4n) is 3.34. The van der Waals surface area contributed by atoms with Crippen LogP contribution in [-0.2, 0) is 0 Å². The molecule has 0 aliphatic carbocycles. The molecular formula is C21H27ClN5O2+. The number of amides is 1. The number of methoxy groups -OCH3 is 1. The summed E-state index contributed by atoms with van der Waals surface area (Å²) in [7, 11) is 1.62. The Hall–Kier alpha value is -2.64. The lowest BCUT2D eigenvalue weighted by Gasteiger charge is -2.15. The summed E-state index contributed by atoms with van der Waals surface area (Å²) in [6.45, 7) is 9.66. The van der Waals surface area contributed by atoms with Crippen molar-refractivity contribution < 1.29 is 14.4 Å². The van der Waals surface area contributed by atoms with E-state index >= 15 is 0 Å². The van der Waals surface area contributed by atoms with Crippen LogP contribution in [0.3, 0.4) is 0 Å². The maximum Gasteiger partial charge on any atom is 0.254 e. The smallest absolute Gasteiger partial charge is 0.254 e. The third-order valence-electron chi connectivity index (χ3n) is 5.11. The first-order chi connectivity index (χ1) is 14.0. The second-order valence-corrected chi connectivity index (χ2v) is 7.22. The summed E-state index contributed by atoms with van der Waals surface area (Å²) in [6, 6.07) is 7.54. The topological polar surface area (TPSA) is 73.5 Å². The van der Waals surface area contributed by atoms with Gasteiger partial charge in [-0.2, -0.15) is 5.10 Å². The zero-order valence-corrected chi connectivity index (χ0v) is 18.0. The van der Waals surface area contributed by atoms with Crippen LogP contribution in [0.4, 0.5) is 0 Å². The molecule has 0 bridgehead atoms. The average Bonchev–Trinajstić information content (AvgIpc) is 3.08. The molecule has 2 aromatic heterocycles. The largest absolute Gasteiger partial charge is 0.497 e. The lowest BCUT2D eigenvalue weighted by molar-refractivity contribution is -0.895. The Kier molecular flexibility index (Phi) is 6.71. The second kappa shape index (κ2) is 9.24. The maximum atomic E-state index is 12.7. The average molecular weight is 417 g/mol. The summed E-state index contributed by atoms with van der Waals surface area (Å²) >= 11 is 6.61. The highest BCUT2D eigenvalue weighted by molar-refractivity contribution is 6.38. The molecule has 0 fully saturated rings. The van der Waals surface area contributed by atoms with Gasteiger partial charge < -0.3 is 15.0 Å². The Morgan fingerprint density at radius 2 is 2.07 bits per heavy atom. The minimum atomic E-state index is -0.218. The first-order valence-corrected chi connectivity index (χ1v) is 10.2. The molecule has 3 rings (SSSR count). The van der Waals surface area contributed by atoms with Gasteiger partial charge in [0.1, 0.15) is 5.75 Å². The maximum absolute atomic E-state index is 12.7. The van der Waals surface area contributed by atoms with Crippen molar-refractivity contribution in [3.8, 4) is 11.4 Å². The number of carbonyl (C=O) groups is 1. The van der Waals surface area contributed by atoms with Gasteiger partial charge in [0, 0.05) is 12.3 Å². The van der Waals surface area contributed by atoms with Crippen LogP contribution in [0.5, 0.6) is 5.75 Å². The summed E-state index contributed by atoms with van der Waals surface area (Å²) in [5, 5.41) is 8.58. The van der Waals surface area contributed by atoms with E-state index in [1.807, 2.05) is 31.2 Å². The number of rotatable bonds is 8. The highest BCUT2D eigenvalue weighted by atomic mass is 35.5. The van der Waals surface area contributed by atoms with E-state index in [2.05, 4.69) is 29.2 Å². The number of benzene rings is 1. The monoisotopic (exact) mass is 416 g/mol. The Labute approximate surface area is 175 Å². The quantitative estimate of drug-likeness (QED) is 0.589. The summed E-state index contributed by atoms with van der Waals surface area (Å²) in [5.74, 6) is 0.505. The minimum absolute atomic E-state index is 0.218. The molecule has 0 saturated heterocycles. The van der Waals surface area contributed by atoms with Crippen molar-refractivity contribution in [2.24, 2.45) is 0 Å². The van der Waals surface area contributed by atoms with Crippen LogP contribution in [0.25, 0.3) is 16.7 Å². The van der Waals surface area contributed by atoms with Crippen LogP contribution in [0.2, 0.25) is 5.02 Å². The van der Waals surface area contributed by atoms with Crippen molar-refractivity contribution in [2.75, 3.05) is 33.3 Å². The number of fused-ring (bicyclic) bond motifs is 1. The highest BCUT2D eigenvalue weighted by Gasteiger charge is 2.20. The van der Waals surface area contributed by atoms with E-state index in [0.29, 0.717) is 33.9 Å². The molecule has 3 aromatic rings. The molecule has 0 spiro atoms. The van der Waals surface area contributed by atoms with Crippen molar-refractivity contribution in [3.05, 3.63) is 46.7 Å². The van der Waals surface area contributed by atoms with E-state index in [9.17, 15) is 4.79 Å². The molecular weight excluding hydrogens is 390 g/mol. The zero-order valence-electron chi connectivity index (χ0n) is 17.3. The van der Waals surface area contributed by atoms with Gasteiger partial charge in [-0.25, -0.2) is 9.67 Å². The third-order valence-corrected chi connectivity index (χ3v) is 5.51. The lowest BCUT2D eigenvalue weighted by atomic mass is 10.2. The van der Waals surface area contributed by atoms with Gasteiger partial charge in [0.25, 0.3) is 5.91 Å². The fourth-order valence-corrected chi connectivity index (χ4v) is 3.70. The number of pyridine rings is 1. The molecule has 29 heavy (non-hydrogen) atoms. The Morgan fingerprint density at radius 1 is 1.31 bits per heavy atom. The minimum Gasteiger partial charge on any atom is -0.497 e. The van der Waals surface area contributed by atoms with Gasteiger partial charge in [-0.15, -0.1) is 0 Å². The van der Waals surface area contributed by atoms with E-state index in [0.717, 1.165) is 31.1 Å². The number of ether oxygens (including phenoxy) is 1. The number of carbonyl (C=O) groups excluding carboxylic acids is 1. The molecule has 8 heteroatoms. The summed E-state index contributed by atoms with van der Waals surface area (Å²) in [4.78, 5) is 18.6. The number of quaternary nitrogens is 1. The highest BCUT2D eigenvalue weighted by Crippen LogP contribution is 2.30. The van der Waals surface area contributed by atoms with Crippen LogP contribution >= 0.6 is 11.6 Å². The normalized spacial score (nSPS) is 11.2. The predicted molar refractivity (Wildman–Crippen MR) is 114 cm³/mol. The number of nitrogens with zero attached hydrogens (tertiary/aromatic N) is 3. The van der Waals surface area contributed by atoms with E-state index < -0.39 is 0 Å². The summed E-state index contributed by atoms with van der Waals surface area (Å²) in [6.07, 6.45) is 1.52. The number of aryl methyl sites for hydroxylation is 1. The lowest BCUT2D eigenvalue weighted by Crippen LogP contribution is -3.12. The third kappa shape index (κ3) is 4.36. The van der Waals surface area contributed by atoms with E-state index in [1.54, 1.807) is 11.8 Å². The predicted octanol–water partition coefficient (Wildman–Crippen LogP) is 2.05. The van der Waals surface area contributed by atoms with Gasteiger partial charge in [0.2, 0.25) is 0 Å². The summed E-state index contributed by atoms with van der Waals surface area (Å²) < 4.78 is 7.01. The van der Waals surface area contributed by atoms with Crippen molar-refractivity contribution in [1.82, 2.24) is 20.1 Å². The van der Waals surface area contributed by atoms with Gasteiger partial charge in [-0.05, 0) is 32.9 Å². The van der Waals surface area contributed by atoms with Crippen LogP contribution in [0, 0.1) is 6.92 Å². The standard InChI is InChI=1S/C21H26ClN5O2/c1-5-26(6-2)11-10-23-21(28)17-13-24-20-18(19(17)22)14(3)25-27(20)15-8-7-9-16(12-15)29-4/h7-9,12-13H,5-6,10-11H2,1-4H3,(H,23,28)/p+1. The van der Waals surface area contributed by atoms with Crippen LogP contribution in [0.1, 0.15) is 29.9 Å². The molecule has 0 atom stereocenters. The van der Waals surface area contributed by atoms with E-state index in [4.69, 9.17) is 16.3 Å². The Bertz CT molecular complexity index is 1010. The number of halogens is 1. The molecule has 2 heterocycles. The molecule has 154 valence electrons. The number of likely N-dealkylation sites (N-methyl/N-ethyl adjacent to an activating group) is 1. The van der Waals surface area contributed by atoms with Crippen LogP contribution < -0.4 is 15.0 Å². The van der Waals surface area contributed by atoms with Gasteiger partial charge >= 0.3 is 0 Å². The molecule has 1 aromatic carbocycles. The fraction of sp³-hybridized carbons (Fsp3) is 0.381. The molecule has 0 aliphatic heterocycles. The van der Waals surface area contributed by atoms with Crippen molar-refractivity contribution in [3.63, 3.8) is 0 Å². The molecule has 0 unspecified atom stereocenters. The molecule has 0 radical (unpaired) electrons. The van der Waals surface area contributed by atoms with E-state index in [-0.39, 0.29) is 5.91 Å². The number of hydrogen-bond acceptors (Lipinski definition) is 4. The Balaban J connectivity index is 1.90. The van der Waals surface area contributed by atoms with Gasteiger partial charge in [0.15, 0.2) is 5.65 Å². The zero-order chi connectivity index (χ0) is 21.0.